The lowest BCUT2D eigenvalue weighted by molar-refractivity contribution is -0.139. The quantitative estimate of drug-likeness (QED) is 0.731. The van der Waals surface area contributed by atoms with E-state index in [1.54, 1.807) is 6.07 Å². The number of aliphatic carboxylic acids is 1. The number of hydrogen-bond acceptors (Lipinski definition) is 2. The minimum atomic E-state index is -0.955. The van der Waals surface area contributed by atoms with Gasteiger partial charge in [-0.3, -0.25) is 4.79 Å². The zero-order valence-corrected chi connectivity index (χ0v) is 8.90. The highest BCUT2D eigenvalue weighted by Gasteiger charge is 2.19. The smallest absolute Gasteiger partial charge is 0.310 e. The molecule has 0 aromatic heterocycles. The maximum atomic E-state index is 12.9. The first-order valence-electron chi connectivity index (χ1n) is 5.24. The molecule has 0 saturated carbocycles. The molecule has 4 heteroatoms. The minimum Gasteiger partial charge on any atom is -0.481 e. The average Bonchev–Trinajstić information content (AvgIpc) is 2.24. The van der Waals surface area contributed by atoms with Crippen LogP contribution in [0.5, 0.6) is 0 Å². The second-order valence-corrected chi connectivity index (χ2v) is 3.67. The largest absolute Gasteiger partial charge is 0.481 e. The Morgan fingerprint density at radius 2 is 2.12 bits per heavy atom. The van der Waals surface area contributed by atoms with E-state index in [2.05, 4.69) is 0 Å². The number of carboxylic acids is 1. The molecule has 0 aliphatic carbocycles. The molecule has 0 radical (unpaired) electrons. The molecule has 2 N–H and O–H groups in total. The van der Waals surface area contributed by atoms with Crippen LogP contribution in [0.3, 0.4) is 0 Å². The number of halogens is 1. The molecule has 88 valence electrons. The van der Waals surface area contributed by atoms with Gasteiger partial charge in [-0.05, 0) is 37.0 Å². The van der Waals surface area contributed by atoms with Crippen molar-refractivity contribution in [2.45, 2.75) is 25.2 Å². The van der Waals surface area contributed by atoms with Gasteiger partial charge in [0.05, 0.1) is 5.92 Å². The van der Waals surface area contributed by atoms with E-state index in [1.165, 1.54) is 18.2 Å². The highest BCUT2D eigenvalue weighted by Crippen LogP contribution is 2.22. The molecule has 1 aromatic carbocycles. The third-order valence-electron chi connectivity index (χ3n) is 2.45. The molecule has 0 spiro atoms. The molecule has 1 unspecified atom stereocenters. The Morgan fingerprint density at radius 3 is 2.69 bits per heavy atom. The maximum Gasteiger partial charge on any atom is 0.310 e. The van der Waals surface area contributed by atoms with Crippen molar-refractivity contribution in [1.82, 2.24) is 0 Å². The van der Waals surface area contributed by atoms with E-state index in [0.29, 0.717) is 24.8 Å². The predicted molar refractivity (Wildman–Crippen MR) is 57.7 cm³/mol. The van der Waals surface area contributed by atoms with E-state index in [4.69, 9.17) is 10.2 Å². The van der Waals surface area contributed by atoms with E-state index in [-0.39, 0.29) is 6.61 Å². The maximum absolute atomic E-state index is 12.9. The van der Waals surface area contributed by atoms with Crippen LogP contribution in [0.15, 0.2) is 24.3 Å². The Kier molecular flexibility index (Phi) is 4.92. The van der Waals surface area contributed by atoms with Crippen LogP contribution in [0.4, 0.5) is 4.39 Å². The van der Waals surface area contributed by atoms with E-state index in [1.807, 2.05) is 0 Å². The molecule has 0 heterocycles. The van der Waals surface area contributed by atoms with Gasteiger partial charge in [0.1, 0.15) is 5.82 Å². The fraction of sp³-hybridized carbons (Fsp3) is 0.417. The second kappa shape index (κ2) is 6.23. The highest BCUT2D eigenvalue weighted by molar-refractivity contribution is 5.75. The van der Waals surface area contributed by atoms with E-state index in [9.17, 15) is 9.18 Å². The van der Waals surface area contributed by atoms with Crippen molar-refractivity contribution >= 4 is 5.97 Å². The summed E-state index contributed by atoms with van der Waals surface area (Å²) in [5.41, 5.74) is 0.477. The molecule has 1 aromatic rings. The van der Waals surface area contributed by atoms with Crippen molar-refractivity contribution in [2.24, 2.45) is 0 Å². The Bertz CT molecular complexity index is 352. The summed E-state index contributed by atoms with van der Waals surface area (Å²) in [5, 5.41) is 17.7. The Labute approximate surface area is 93.5 Å². The van der Waals surface area contributed by atoms with Crippen molar-refractivity contribution in [3.63, 3.8) is 0 Å². The first kappa shape index (κ1) is 12.6. The van der Waals surface area contributed by atoms with Gasteiger partial charge < -0.3 is 10.2 Å². The summed E-state index contributed by atoms with van der Waals surface area (Å²) in [4.78, 5) is 11.0. The van der Waals surface area contributed by atoms with Gasteiger partial charge in [0.2, 0.25) is 0 Å². The molecule has 0 fully saturated rings. The summed E-state index contributed by atoms with van der Waals surface area (Å²) in [6.45, 7) is 0.0511. The van der Waals surface area contributed by atoms with Crippen LogP contribution in [0.25, 0.3) is 0 Å². The number of hydrogen-bond donors (Lipinski definition) is 2. The molecular formula is C12H15FO3. The van der Waals surface area contributed by atoms with Crippen molar-refractivity contribution in [3.8, 4) is 0 Å². The monoisotopic (exact) mass is 226 g/mol. The standard InChI is InChI=1S/C12H15FO3/c13-10-5-3-4-9(8-10)11(12(15)16)6-1-2-7-14/h3-5,8,11,14H,1-2,6-7H2,(H,15,16). The van der Waals surface area contributed by atoms with Crippen molar-refractivity contribution < 1.29 is 19.4 Å². The lowest BCUT2D eigenvalue weighted by atomic mass is 9.93. The SMILES string of the molecule is O=C(O)C(CCCCO)c1cccc(F)c1. The molecule has 0 aliphatic rings. The fourth-order valence-electron chi connectivity index (χ4n) is 1.62. The number of carbonyl (C=O) groups is 1. The van der Waals surface area contributed by atoms with Gasteiger partial charge in [-0.25, -0.2) is 4.39 Å². The van der Waals surface area contributed by atoms with Crippen LogP contribution in [-0.4, -0.2) is 22.8 Å². The first-order valence-corrected chi connectivity index (χ1v) is 5.24. The van der Waals surface area contributed by atoms with Crippen molar-refractivity contribution in [3.05, 3.63) is 35.6 Å². The molecule has 0 saturated heterocycles. The molecule has 16 heavy (non-hydrogen) atoms. The van der Waals surface area contributed by atoms with Crippen molar-refractivity contribution in [2.75, 3.05) is 6.61 Å². The summed E-state index contributed by atoms with van der Waals surface area (Å²) < 4.78 is 12.9. The zero-order valence-electron chi connectivity index (χ0n) is 8.90. The van der Waals surface area contributed by atoms with Gasteiger partial charge in [0, 0.05) is 6.61 Å². The van der Waals surface area contributed by atoms with Gasteiger partial charge in [0.25, 0.3) is 0 Å². The molecule has 0 bridgehead atoms. The zero-order chi connectivity index (χ0) is 12.0. The van der Waals surface area contributed by atoms with Crippen LogP contribution in [0.1, 0.15) is 30.7 Å². The van der Waals surface area contributed by atoms with Crippen molar-refractivity contribution in [1.29, 1.82) is 0 Å². The lowest BCUT2D eigenvalue weighted by Gasteiger charge is -2.12. The molecule has 0 amide bonds. The molecular weight excluding hydrogens is 211 g/mol. The summed E-state index contributed by atoms with van der Waals surface area (Å²) in [7, 11) is 0. The molecule has 0 aliphatic heterocycles. The van der Waals surface area contributed by atoms with Gasteiger partial charge in [-0.1, -0.05) is 12.1 Å². The number of carboxylic acid groups (broad SMARTS) is 1. The van der Waals surface area contributed by atoms with Gasteiger partial charge in [0.15, 0.2) is 0 Å². The van der Waals surface area contributed by atoms with Gasteiger partial charge in [-0.2, -0.15) is 0 Å². The van der Waals surface area contributed by atoms with Crippen LogP contribution in [-0.2, 0) is 4.79 Å². The topological polar surface area (TPSA) is 57.5 Å². The van der Waals surface area contributed by atoms with Crippen LogP contribution >= 0.6 is 0 Å². The van der Waals surface area contributed by atoms with Gasteiger partial charge in [-0.15, -0.1) is 0 Å². The average molecular weight is 226 g/mol. The normalized spacial score (nSPS) is 12.4. The van der Waals surface area contributed by atoms with Crippen LogP contribution in [0, 0.1) is 5.82 Å². The van der Waals surface area contributed by atoms with Gasteiger partial charge >= 0.3 is 5.97 Å². The number of aliphatic hydroxyl groups is 1. The highest BCUT2D eigenvalue weighted by atomic mass is 19.1. The summed E-state index contributed by atoms with van der Waals surface area (Å²) >= 11 is 0. The summed E-state index contributed by atoms with van der Waals surface area (Å²) in [5.74, 6) is -2.07. The Morgan fingerprint density at radius 1 is 1.38 bits per heavy atom. The Hall–Kier alpha value is -1.42. The van der Waals surface area contributed by atoms with Crippen LogP contribution < -0.4 is 0 Å². The fourth-order valence-corrected chi connectivity index (χ4v) is 1.62. The lowest BCUT2D eigenvalue weighted by Crippen LogP contribution is -2.12. The van der Waals surface area contributed by atoms with E-state index in [0.717, 1.165) is 0 Å². The minimum absolute atomic E-state index is 0.0511. The van der Waals surface area contributed by atoms with Crippen LogP contribution in [0.2, 0.25) is 0 Å². The third kappa shape index (κ3) is 3.62. The predicted octanol–water partition coefficient (Wildman–Crippen LogP) is 2.16. The number of unbranched alkanes of at least 4 members (excludes halogenated alkanes) is 1. The third-order valence-corrected chi connectivity index (χ3v) is 2.45. The molecule has 1 atom stereocenters. The molecule has 3 nitrogen and oxygen atoms in total. The van der Waals surface area contributed by atoms with E-state index < -0.39 is 17.7 Å². The number of rotatable bonds is 6. The second-order valence-electron chi connectivity index (χ2n) is 3.67. The first-order chi connectivity index (χ1) is 7.65. The molecule has 1 rings (SSSR count). The number of aliphatic hydroxyl groups excluding tert-OH is 1. The number of benzene rings is 1. The summed E-state index contributed by atoms with van der Waals surface area (Å²) in [6.07, 6.45) is 1.60. The van der Waals surface area contributed by atoms with E-state index >= 15 is 0 Å². The summed E-state index contributed by atoms with van der Waals surface area (Å²) in [6, 6.07) is 5.65. The Balaban J connectivity index is 2.73.